The van der Waals surface area contributed by atoms with Crippen molar-refractivity contribution in [1.82, 2.24) is 4.57 Å². The monoisotopic (exact) mass is 467 g/mol. The Hall–Kier alpha value is -3.68. The number of aromatic nitrogens is 1. The maximum absolute atomic E-state index is 13.5. The molecule has 8 nitrogen and oxygen atoms in total. The van der Waals surface area contributed by atoms with E-state index in [1.165, 1.54) is 17.6 Å². The number of rotatable bonds is 10. The number of hydrogen-bond acceptors (Lipinski definition) is 7. The highest BCUT2D eigenvalue weighted by atomic mass is 16.6. The lowest BCUT2D eigenvalue weighted by Gasteiger charge is -2.31. The van der Waals surface area contributed by atoms with Crippen molar-refractivity contribution in [2.24, 2.45) is 11.3 Å². The topological polar surface area (TPSA) is 105 Å². The van der Waals surface area contributed by atoms with Crippen molar-refractivity contribution in [2.45, 2.75) is 40.7 Å². The summed E-state index contributed by atoms with van der Waals surface area (Å²) in [5, 5.41) is 0. The summed E-state index contributed by atoms with van der Waals surface area (Å²) in [7, 11) is 0. The van der Waals surface area contributed by atoms with E-state index in [-0.39, 0.29) is 30.8 Å². The van der Waals surface area contributed by atoms with Gasteiger partial charge in [-0.3, -0.25) is 19.0 Å². The average molecular weight is 468 g/mol. The van der Waals surface area contributed by atoms with Gasteiger partial charge < -0.3 is 13.9 Å². The van der Waals surface area contributed by atoms with E-state index in [2.05, 4.69) is 0 Å². The van der Waals surface area contributed by atoms with Gasteiger partial charge in [-0.05, 0) is 51.0 Å². The minimum absolute atomic E-state index is 0.0600. The molecule has 0 bridgehead atoms. The van der Waals surface area contributed by atoms with Crippen LogP contribution in [0.3, 0.4) is 0 Å². The molecule has 0 aliphatic heterocycles. The van der Waals surface area contributed by atoms with Gasteiger partial charge in [0.1, 0.15) is 0 Å². The maximum Gasteiger partial charge on any atom is 0.420 e. The predicted octanol–water partition coefficient (Wildman–Crippen LogP) is 3.98. The first kappa shape index (κ1) is 25.0. The summed E-state index contributed by atoms with van der Waals surface area (Å²) < 4.78 is 17.2. The molecule has 8 heteroatoms. The zero-order valence-electron chi connectivity index (χ0n) is 19.8. The van der Waals surface area contributed by atoms with Crippen molar-refractivity contribution in [2.75, 3.05) is 13.2 Å². The van der Waals surface area contributed by atoms with Gasteiger partial charge in [-0.1, -0.05) is 37.3 Å². The molecule has 0 amide bonds. The predicted molar refractivity (Wildman–Crippen MR) is 126 cm³/mol. The molecular formula is C26H29NO7. The standard InChI is InChI=1S/C26H29NO7/c1-5-19(26(4,23(29)32-6-2)24(30)33-7-3)22(28)18-13-14-20-21(15-18)34-25(31)27(20)16-17-11-9-8-10-12-17/h8-15,19H,5-7,16H2,1-4H3. The number of ether oxygens (including phenoxy) is 2. The fourth-order valence-electron chi connectivity index (χ4n) is 4.12. The molecule has 0 saturated carbocycles. The summed E-state index contributed by atoms with van der Waals surface area (Å²) in [5.74, 6) is -3.63. The number of ketones is 1. The van der Waals surface area contributed by atoms with Gasteiger partial charge in [-0.25, -0.2) is 4.79 Å². The zero-order chi connectivity index (χ0) is 24.9. The highest BCUT2D eigenvalue weighted by molar-refractivity contribution is 6.09. The molecule has 1 unspecified atom stereocenters. The second-order valence-electron chi connectivity index (χ2n) is 8.09. The van der Waals surface area contributed by atoms with Crippen LogP contribution in [0.15, 0.2) is 57.7 Å². The number of carbonyl (C=O) groups excluding carboxylic acids is 3. The highest BCUT2D eigenvalue weighted by Crippen LogP contribution is 2.36. The Morgan fingerprint density at radius 2 is 1.59 bits per heavy atom. The molecule has 0 aliphatic rings. The van der Waals surface area contributed by atoms with Gasteiger partial charge in [0.05, 0.1) is 25.3 Å². The number of Topliss-reactive ketones (excluding diaryl/α,β-unsaturated/α-hetero) is 1. The molecule has 0 aliphatic carbocycles. The SMILES string of the molecule is CCOC(=O)C(C)(C(=O)OCC)C(CC)C(=O)c1ccc2c(c1)oc(=O)n2Cc1ccccc1. The van der Waals surface area contributed by atoms with Crippen LogP contribution >= 0.6 is 0 Å². The van der Waals surface area contributed by atoms with E-state index in [4.69, 9.17) is 13.9 Å². The van der Waals surface area contributed by atoms with Crippen LogP contribution in [0.4, 0.5) is 0 Å². The smallest absolute Gasteiger partial charge is 0.420 e. The largest absolute Gasteiger partial charge is 0.465 e. The Morgan fingerprint density at radius 3 is 2.15 bits per heavy atom. The molecule has 1 heterocycles. The van der Waals surface area contributed by atoms with Gasteiger partial charge in [0.25, 0.3) is 0 Å². The van der Waals surface area contributed by atoms with Crippen LogP contribution < -0.4 is 5.76 Å². The summed E-state index contributed by atoms with van der Waals surface area (Å²) >= 11 is 0. The Labute approximate surface area is 197 Å². The molecule has 0 spiro atoms. The first-order valence-electron chi connectivity index (χ1n) is 11.3. The van der Waals surface area contributed by atoms with E-state index in [1.54, 1.807) is 32.9 Å². The van der Waals surface area contributed by atoms with Crippen molar-refractivity contribution in [1.29, 1.82) is 0 Å². The molecule has 34 heavy (non-hydrogen) atoms. The van der Waals surface area contributed by atoms with Crippen molar-refractivity contribution in [3.63, 3.8) is 0 Å². The molecule has 3 rings (SSSR count). The first-order chi connectivity index (χ1) is 16.3. The fraction of sp³-hybridized carbons (Fsp3) is 0.385. The third kappa shape index (κ3) is 4.66. The molecule has 0 saturated heterocycles. The normalized spacial score (nSPS) is 12.4. The summed E-state index contributed by atoms with van der Waals surface area (Å²) in [6.45, 7) is 6.79. The van der Waals surface area contributed by atoms with Crippen molar-refractivity contribution in [3.05, 3.63) is 70.2 Å². The summed E-state index contributed by atoms with van der Waals surface area (Å²) in [4.78, 5) is 51.6. The third-order valence-corrected chi connectivity index (χ3v) is 5.96. The Kier molecular flexibility index (Phi) is 7.71. The van der Waals surface area contributed by atoms with Crippen LogP contribution in [0.1, 0.15) is 50.0 Å². The van der Waals surface area contributed by atoms with Crippen LogP contribution in [-0.4, -0.2) is 35.5 Å². The number of hydrogen-bond donors (Lipinski definition) is 0. The fourth-order valence-corrected chi connectivity index (χ4v) is 4.12. The maximum atomic E-state index is 13.5. The van der Waals surface area contributed by atoms with Crippen LogP contribution in [0.2, 0.25) is 0 Å². The van der Waals surface area contributed by atoms with Gasteiger partial charge in [-0.2, -0.15) is 0 Å². The van der Waals surface area contributed by atoms with Crippen LogP contribution in [0.25, 0.3) is 11.1 Å². The molecule has 1 aromatic heterocycles. The Morgan fingerprint density at radius 1 is 0.971 bits per heavy atom. The zero-order valence-corrected chi connectivity index (χ0v) is 19.8. The number of nitrogens with zero attached hydrogens (tertiary/aromatic N) is 1. The van der Waals surface area contributed by atoms with Gasteiger partial charge >= 0.3 is 17.7 Å². The minimum atomic E-state index is -1.81. The molecule has 3 aromatic rings. The molecular weight excluding hydrogens is 438 g/mol. The Bertz CT molecular complexity index is 1220. The molecule has 1 atom stereocenters. The number of benzene rings is 2. The number of carbonyl (C=O) groups is 3. The number of oxazole rings is 1. The summed E-state index contributed by atoms with van der Waals surface area (Å²) in [6.07, 6.45) is 0.198. The van der Waals surface area contributed by atoms with E-state index in [0.29, 0.717) is 12.1 Å². The van der Waals surface area contributed by atoms with E-state index in [9.17, 15) is 19.2 Å². The molecule has 0 N–H and O–H groups in total. The van der Waals surface area contributed by atoms with Crippen LogP contribution in [-0.2, 0) is 25.6 Å². The van der Waals surface area contributed by atoms with E-state index < -0.39 is 34.8 Å². The van der Waals surface area contributed by atoms with Gasteiger partial charge in [0.15, 0.2) is 16.8 Å². The van der Waals surface area contributed by atoms with Crippen LogP contribution in [0, 0.1) is 11.3 Å². The molecule has 2 aromatic carbocycles. The van der Waals surface area contributed by atoms with Crippen LogP contribution in [0.5, 0.6) is 0 Å². The molecule has 180 valence electrons. The van der Waals surface area contributed by atoms with Crippen molar-refractivity contribution in [3.8, 4) is 0 Å². The lowest BCUT2D eigenvalue weighted by Crippen LogP contribution is -2.48. The van der Waals surface area contributed by atoms with Gasteiger partial charge in [-0.15, -0.1) is 0 Å². The Balaban J connectivity index is 2.00. The summed E-state index contributed by atoms with van der Waals surface area (Å²) in [6, 6.07) is 14.1. The highest BCUT2D eigenvalue weighted by Gasteiger charge is 2.53. The minimum Gasteiger partial charge on any atom is -0.465 e. The van der Waals surface area contributed by atoms with E-state index in [0.717, 1.165) is 5.56 Å². The number of fused-ring (bicyclic) bond motifs is 1. The van der Waals surface area contributed by atoms with Crippen molar-refractivity contribution >= 4 is 28.8 Å². The molecule has 0 fully saturated rings. The first-order valence-corrected chi connectivity index (χ1v) is 11.3. The average Bonchev–Trinajstić information content (AvgIpc) is 3.14. The second kappa shape index (κ2) is 10.5. The third-order valence-electron chi connectivity index (χ3n) is 5.96. The van der Waals surface area contributed by atoms with E-state index in [1.807, 2.05) is 30.3 Å². The quantitative estimate of drug-likeness (QED) is 0.252. The lowest BCUT2D eigenvalue weighted by molar-refractivity contribution is -0.174. The summed E-state index contributed by atoms with van der Waals surface area (Å²) in [5.41, 5.74) is 0.123. The van der Waals surface area contributed by atoms with Crippen molar-refractivity contribution < 1.29 is 28.3 Å². The van der Waals surface area contributed by atoms with Gasteiger partial charge in [0, 0.05) is 11.5 Å². The lowest BCUT2D eigenvalue weighted by atomic mass is 9.71. The molecule has 0 radical (unpaired) electrons. The second-order valence-corrected chi connectivity index (χ2v) is 8.09. The van der Waals surface area contributed by atoms with E-state index >= 15 is 0 Å². The van der Waals surface area contributed by atoms with Gasteiger partial charge in [0.2, 0.25) is 0 Å². The number of esters is 2.